The van der Waals surface area contributed by atoms with Gasteiger partial charge in [-0.2, -0.15) is 0 Å². The number of carbonyl (C=O) groups excluding carboxylic acids is 1. The Balaban J connectivity index is 1.77. The van der Waals surface area contributed by atoms with E-state index in [-0.39, 0.29) is 17.8 Å². The van der Waals surface area contributed by atoms with E-state index in [4.69, 9.17) is 9.47 Å². The van der Waals surface area contributed by atoms with E-state index in [0.717, 1.165) is 24.2 Å². The Hall–Kier alpha value is -2.56. The summed E-state index contributed by atoms with van der Waals surface area (Å²) in [7, 11) is 0. The third-order valence-corrected chi connectivity index (χ3v) is 3.99. The highest BCUT2D eigenvalue weighted by Crippen LogP contribution is 2.33. The van der Waals surface area contributed by atoms with E-state index in [0.29, 0.717) is 24.5 Å². The molecule has 1 aliphatic rings. The molecule has 0 spiro atoms. The molecule has 1 amide bonds. The van der Waals surface area contributed by atoms with E-state index in [1.165, 1.54) is 24.3 Å². The number of halogens is 1. The Morgan fingerprint density at radius 1 is 1.12 bits per heavy atom. The van der Waals surface area contributed by atoms with Gasteiger partial charge >= 0.3 is 0 Å². The molecule has 0 saturated heterocycles. The molecule has 5 heteroatoms. The Bertz CT molecular complexity index is 715. The normalized spacial score (nSPS) is 14.6. The van der Waals surface area contributed by atoms with Gasteiger partial charge in [-0.3, -0.25) is 4.79 Å². The van der Waals surface area contributed by atoms with Gasteiger partial charge in [0.1, 0.15) is 5.82 Å². The summed E-state index contributed by atoms with van der Waals surface area (Å²) in [5.74, 6) is 0.853. The first kappa shape index (κ1) is 16.3. The van der Waals surface area contributed by atoms with Gasteiger partial charge in [0.05, 0.1) is 19.3 Å². The van der Waals surface area contributed by atoms with Crippen LogP contribution in [0.2, 0.25) is 0 Å². The molecule has 3 rings (SSSR count). The number of nitrogens with one attached hydrogen (secondary N) is 1. The first-order valence-corrected chi connectivity index (χ1v) is 8.13. The fourth-order valence-corrected chi connectivity index (χ4v) is 2.66. The summed E-state index contributed by atoms with van der Waals surface area (Å²) in [6.45, 7) is 3.26. The second-order valence-corrected chi connectivity index (χ2v) is 5.70. The summed E-state index contributed by atoms with van der Waals surface area (Å²) in [5.41, 5.74) is 1.39. The molecule has 24 heavy (non-hydrogen) atoms. The SMILES string of the molecule is CCC(NC(=O)c1ccc(F)cc1)c1ccc2c(c1)OCCCO2. The summed E-state index contributed by atoms with van der Waals surface area (Å²) in [6, 6.07) is 11.1. The van der Waals surface area contributed by atoms with Crippen molar-refractivity contribution in [2.24, 2.45) is 0 Å². The van der Waals surface area contributed by atoms with E-state index in [2.05, 4.69) is 5.32 Å². The van der Waals surface area contributed by atoms with Gasteiger partial charge in [-0.05, 0) is 48.4 Å². The lowest BCUT2D eigenvalue weighted by atomic mass is 10.0. The van der Waals surface area contributed by atoms with Crippen LogP contribution in [0.25, 0.3) is 0 Å². The van der Waals surface area contributed by atoms with E-state index in [1.807, 2.05) is 25.1 Å². The lowest BCUT2D eigenvalue weighted by molar-refractivity contribution is 0.0935. The third kappa shape index (κ3) is 3.67. The molecule has 2 aromatic rings. The minimum atomic E-state index is -0.360. The standard InChI is InChI=1S/C19H20FNO3/c1-2-16(21-19(22)13-4-7-15(20)8-5-13)14-6-9-17-18(12-14)24-11-3-10-23-17/h4-9,12,16H,2-3,10-11H2,1H3,(H,21,22). The number of rotatable bonds is 4. The van der Waals surface area contributed by atoms with Gasteiger partial charge in [0, 0.05) is 12.0 Å². The van der Waals surface area contributed by atoms with Crippen LogP contribution in [0.4, 0.5) is 4.39 Å². The van der Waals surface area contributed by atoms with Gasteiger partial charge < -0.3 is 14.8 Å². The first-order chi connectivity index (χ1) is 11.7. The second-order valence-electron chi connectivity index (χ2n) is 5.70. The van der Waals surface area contributed by atoms with Crippen molar-refractivity contribution in [2.45, 2.75) is 25.8 Å². The molecule has 0 bridgehead atoms. The number of hydrogen-bond donors (Lipinski definition) is 1. The van der Waals surface area contributed by atoms with E-state index in [9.17, 15) is 9.18 Å². The number of ether oxygens (including phenoxy) is 2. The van der Waals surface area contributed by atoms with Crippen molar-refractivity contribution in [1.82, 2.24) is 5.32 Å². The van der Waals surface area contributed by atoms with Crippen molar-refractivity contribution in [3.63, 3.8) is 0 Å². The fraction of sp³-hybridized carbons (Fsp3) is 0.316. The van der Waals surface area contributed by atoms with Gasteiger partial charge in [-0.1, -0.05) is 13.0 Å². The first-order valence-electron chi connectivity index (χ1n) is 8.13. The van der Waals surface area contributed by atoms with Crippen molar-refractivity contribution in [3.05, 3.63) is 59.4 Å². The Morgan fingerprint density at radius 3 is 2.54 bits per heavy atom. The minimum absolute atomic E-state index is 0.153. The summed E-state index contributed by atoms with van der Waals surface area (Å²) in [5, 5.41) is 2.98. The number of carbonyl (C=O) groups is 1. The van der Waals surface area contributed by atoms with E-state index in [1.54, 1.807) is 0 Å². The number of benzene rings is 2. The smallest absolute Gasteiger partial charge is 0.251 e. The predicted octanol–water partition coefficient (Wildman–Crippen LogP) is 3.87. The lowest BCUT2D eigenvalue weighted by Crippen LogP contribution is -2.28. The average molecular weight is 329 g/mol. The lowest BCUT2D eigenvalue weighted by Gasteiger charge is -2.19. The summed E-state index contributed by atoms with van der Waals surface area (Å²) < 4.78 is 24.3. The highest BCUT2D eigenvalue weighted by molar-refractivity contribution is 5.94. The molecule has 2 aromatic carbocycles. The molecule has 0 radical (unpaired) electrons. The summed E-state index contributed by atoms with van der Waals surface area (Å²) in [4.78, 5) is 12.4. The number of hydrogen-bond acceptors (Lipinski definition) is 3. The molecule has 1 heterocycles. The maximum atomic E-state index is 13.0. The molecule has 126 valence electrons. The molecular formula is C19H20FNO3. The summed E-state index contributed by atoms with van der Waals surface area (Å²) >= 11 is 0. The van der Waals surface area contributed by atoms with E-state index < -0.39 is 0 Å². The van der Waals surface area contributed by atoms with Crippen LogP contribution in [-0.4, -0.2) is 19.1 Å². The average Bonchev–Trinajstić information content (AvgIpc) is 2.84. The largest absolute Gasteiger partial charge is 0.490 e. The quantitative estimate of drug-likeness (QED) is 0.926. The van der Waals surface area contributed by atoms with E-state index >= 15 is 0 Å². The van der Waals surface area contributed by atoms with Crippen molar-refractivity contribution in [2.75, 3.05) is 13.2 Å². The Kier molecular flexibility index (Phi) is 4.99. The van der Waals surface area contributed by atoms with Gasteiger partial charge in [0.2, 0.25) is 0 Å². The van der Waals surface area contributed by atoms with Crippen LogP contribution in [0, 0.1) is 5.82 Å². The van der Waals surface area contributed by atoms with Gasteiger partial charge in [0.15, 0.2) is 11.5 Å². The van der Waals surface area contributed by atoms with Gasteiger partial charge in [0.25, 0.3) is 5.91 Å². The van der Waals surface area contributed by atoms with Crippen LogP contribution in [0.1, 0.15) is 41.7 Å². The molecule has 4 nitrogen and oxygen atoms in total. The molecule has 0 aliphatic carbocycles. The summed E-state index contributed by atoms with van der Waals surface area (Å²) in [6.07, 6.45) is 1.58. The zero-order chi connectivity index (χ0) is 16.9. The topological polar surface area (TPSA) is 47.6 Å². The van der Waals surface area contributed by atoms with Crippen molar-refractivity contribution >= 4 is 5.91 Å². The van der Waals surface area contributed by atoms with Crippen LogP contribution in [0.3, 0.4) is 0 Å². The monoisotopic (exact) mass is 329 g/mol. The maximum Gasteiger partial charge on any atom is 0.251 e. The van der Waals surface area contributed by atoms with Crippen LogP contribution in [-0.2, 0) is 0 Å². The van der Waals surface area contributed by atoms with Crippen molar-refractivity contribution in [3.8, 4) is 11.5 Å². The minimum Gasteiger partial charge on any atom is -0.490 e. The number of fused-ring (bicyclic) bond motifs is 1. The number of amides is 1. The van der Waals surface area contributed by atoms with Crippen LogP contribution in [0.15, 0.2) is 42.5 Å². The Labute approximate surface area is 140 Å². The molecule has 0 fully saturated rings. The Morgan fingerprint density at radius 2 is 1.83 bits per heavy atom. The van der Waals surface area contributed by atoms with Gasteiger partial charge in [-0.25, -0.2) is 4.39 Å². The fourth-order valence-electron chi connectivity index (χ4n) is 2.66. The highest BCUT2D eigenvalue weighted by atomic mass is 19.1. The maximum absolute atomic E-state index is 13.0. The molecule has 1 aliphatic heterocycles. The molecule has 0 saturated carbocycles. The third-order valence-electron chi connectivity index (χ3n) is 3.99. The molecular weight excluding hydrogens is 309 g/mol. The zero-order valence-electron chi connectivity index (χ0n) is 13.5. The van der Waals surface area contributed by atoms with Crippen LogP contribution in [0.5, 0.6) is 11.5 Å². The molecule has 1 N–H and O–H groups in total. The predicted molar refractivity (Wildman–Crippen MR) is 88.9 cm³/mol. The zero-order valence-corrected chi connectivity index (χ0v) is 13.5. The van der Waals surface area contributed by atoms with Crippen LogP contribution < -0.4 is 14.8 Å². The molecule has 1 atom stereocenters. The van der Waals surface area contributed by atoms with Crippen LogP contribution >= 0.6 is 0 Å². The van der Waals surface area contributed by atoms with Gasteiger partial charge in [-0.15, -0.1) is 0 Å². The molecule has 1 unspecified atom stereocenters. The van der Waals surface area contributed by atoms with Crippen molar-refractivity contribution in [1.29, 1.82) is 0 Å². The molecule has 0 aromatic heterocycles. The van der Waals surface area contributed by atoms with Crippen molar-refractivity contribution < 1.29 is 18.7 Å². The second kappa shape index (κ2) is 7.34. The highest BCUT2D eigenvalue weighted by Gasteiger charge is 2.17.